The molecule has 3 aromatic carbocycles. The summed E-state index contributed by atoms with van der Waals surface area (Å²) in [5.41, 5.74) is 3.74. The monoisotopic (exact) mass is 506 g/mol. The fraction of sp³-hybridized carbons (Fsp3) is 0.310. The van der Waals surface area contributed by atoms with Crippen LogP contribution in [0.4, 0.5) is 4.39 Å². The van der Waals surface area contributed by atoms with E-state index in [1.165, 1.54) is 5.56 Å². The Morgan fingerprint density at radius 3 is 2.29 bits per heavy atom. The third-order valence-electron chi connectivity index (χ3n) is 5.95. The summed E-state index contributed by atoms with van der Waals surface area (Å²) >= 11 is 0. The maximum Gasteiger partial charge on any atom is 0.172 e. The molecular formula is C29H34BFO2P2. The van der Waals surface area contributed by atoms with Gasteiger partial charge in [0.1, 0.15) is 19.3 Å². The van der Waals surface area contributed by atoms with Crippen molar-refractivity contribution in [3.05, 3.63) is 76.6 Å². The number of ether oxygens (including phenoxy) is 1. The van der Waals surface area contributed by atoms with Gasteiger partial charge in [-0.25, -0.2) is 4.39 Å². The van der Waals surface area contributed by atoms with Gasteiger partial charge in [0.2, 0.25) is 0 Å². The number of hydrogen-bond donors (Lipinski definition) is 1. The molecular weight excluding hydrogens is 472 g/mol. The number of phenolic OH excluding ortho intramolecular Hbond substituents is 1. The first kappa shape index (κ1) is 27.4. The van der Waals surface area contributed by atoms with Crippen LogP contribution in [0.25, 0.3) is 6.08 Å². The molecule has 0 heterocycles. The third kappa shape index (κ3) is 6.35. The van der Waals surface area contributed by atoms with Crippen molar-refractivity contribution in [3.8, 4) is 17.2 Å². The van der Waals surface area contributed by atoms with E-state index in [0.29, 0.717) is 28.5 Å². The number of aromatic hydroxyl groups is 1. The second kappa shape index (κ2) is 10.5. The fourth-order valence-corrected chi connectivity index (χ4v) is 4.29. The summed E-state index contributed by atoms with van der Waals surface area (Å²) in [6.45, 7) is 12.8. The third-order valence-corrected chi connectivity index (χ3v) is 7.35. The molecule has 35 heavy (non-hydrogen) atoms. The summed E-state index contributed by atoms with van der Waals surface area (Å²) in [5.74, 6) is 0.352. The van der Waals surface area contributed by atoms with E-state index in [2.05, 4.69) is 66.1 Å². The Hall–Kier alpha value is -2.15. The summed E-state index contributed by atoms with van der Waals surface area (Å²) < 4.78 is 20.8. The fourth-order valence-electron chi connectivity index (χ4n) is 3.77. The first-order valence-electron chi connectivity index (χ1n) is 11.6. The Labute approximate surface area is 215 Å². The van der Waals surface area contributed by atoms with E-state index in [-0.39, 0.29) is 22.0 Å². The maximum absolute atomic E-state index is 14.8. The second-order valence-electron chi connectivity index (χ2n) is 10.9. The number of benzene rings is 3. The first-order chi connectivity index (χ1) is 16.2. The zero-order chi connectivity index (χ0) is 26.1. The summed E-state index contributed by atoms with van der Waals surface area (Å²) in [4.78, 5) is 0. The lowest BCUT2D eigenvalue weighted by molar-refractivity contribution is 0.443. The van der Waals surface area contributed by atoms with E-state index in [0.717, 1.165) is 16.7 Å². The van der Waals surface area contributed by atoms with Gasteiger partial charge < -0.3 is 9.84 Å². The van der Waals surface area contributed by atoms with Crippen molar-refractivity contribution < 1.29 is 14.2 Å². The van der Waals surface area contributed by atoms with Gasteiger partial charge in [0.15, 0.2) is 11.6 Å². The van der Waals surface area contributed by atoms with Crippen molar-refractivity contribution in [1.82, 2.24) is 0 Å². The highest BCUT2D eigenvalue weighted by Crippen LogP contribution is 2.38. The first-order valence-corrected chi connectivity index (χ1v) is 12.8. The van der Waals surface area contributed by atoms with Crippen LogP contribution in [0, 0.1) is 5.82 Å². The van der Waals surface area contributed by atoms with E-state index in [1.54, 1.807) is 12.1 Å². The number of allylic oxidation sites excluding steroid dienone is 1. The number of halogens is 1. The Kier molecular flexibility index (Phi) is 8.20. The molecule has 0 fully saturated rings. The molecule has 2 unspecified atom stereocenters. The largest absolute Gasteiger partial charge is 0.507 e. The van der Waals surface area contributed by atoms with Gasteiger partial charge in [-0.3, -0.25) is 0 Å². The highest BCUT2D eigenvalue weighted by Gasteiger charge is 2.24. The van der Waals surface area contributed by atoms with E-state index < -0.39 is 5.82 Å². The van der Waals surface area contributed by atoms with Crippen molar-refractivity contribution in [3.63, 3.8) is 0 Å². The van der Waals surface area contributed by atoms with Gasteiger partial charge in [0.25, 0.3) is 0 Å². The average molecular weight is 506 g/mol. The molecule has 0 saturated heterocycles. The zero-order valence-corrected chi connectivity index (χ0v) is 23.7. The van der Waals surface area contributed by atoms with Gasteiger partial charge in [-0.2, -0.15) is 0 Å². The topological polar surface area (TPSA) is 29.5 Å². The highest BCUT2D eigenvalue weighted by atomic mass is 31.0. The standard InChI is InChI=1S/C29H34BFO2P2/c1-28(2,3)19-14-18(25(32)20(15-19)29(4,5)6)12-9-11-17-10-7-8-13-22(17)33-26-21(30)16-23(34)27(35)24(26)31/h7-10,12-16,32H,11,34-35H2,1-6H3/b12-9+. The molecule has 2 radical (unpaired) electrons. The van der Waals surface area contributed by atoms with Gasteiger partial charge in [-0.1, -0.05) is 89.5 Å². The van der Waals surface area contributed by atoms with Crippen LogP contribution in [-0.4, -0.2) is 13.0 Å². The van der Waals surface area contributed by atoms with Crippen LogP contribution in [0.15, 0.2) is 48.5 Å². The molecule has 2 nitrogen and oxygen atoms in total. The number of rotatable bonds is 5. The molecule has 0 amide bonds. The molecule has 0 aromatic heterocycles. The van der Waals surface area contributed by atoms with Crippen LogP contribution in [0.2, 0.25) is 0 Å². The molecule has 3 rings (SSSR count). The van der Waals surface area contributed by atoms with Crippen LogP contribution >= 0.6 is 18.5 Å². The van der Waals surface area contributed by atoms with Crippen molar-refractivity contribution in [2.24, 2.45) is 0 Å². The summed E-state index contributed by atoms with van der Waals surface area (Å²) in [6, 6.07) is 13.3. The highest BCUT2D eigenvalue weighted by molar-refractivity contribution is 7.35. The molecule has 0 spiro atoms. The summed E-state index contributed by atoms with van der Waals surface area (Å²) in [7, 11) is 10.9. The lowest BCUT2D eigenvalue weighted by Gasteiger charge is -2.27. The van der Waals surface area contributed by atoms with Gasteiger partial charge >= 0.3 is 0 Å². The van der Waals surface area contributed by atoms with Crippen LogP contribution in [0.5, 0.6) is 17.2 Å². The van der Waals surface area contributed by atoms with Crippen molar-refractivity contribution in [2.75, 3.05) is 0 Å². The molecule has 0 saturated carbocycles. The van der Waals surface area contributed by atoms with Crippen molar-refractivity contribution >= 4 is 48.5 Å². The van der Waals surface area contributed by atoms with Crippen LogP contribution in [0.1, 0.15) is 63.8 Å². The molecule has 0 aliphatic rings. The molecule has 3 aromatic rings. The Balaban J connectivity index is 1.95. The van der Waals surface area contributed by atoms with Crippen molar-refractivity contribution in [1.29, 1.82) is 0 Å². The quantitative estimate of drug-likeness (QED) is 0.342. The van der Waals surface area contributed by atoms with Gasteiger partial charge in [-0.15, -0.1) is 18.5 Å². The van der Waals surface area contributed by atoms with E-state index in [9.17, 15) is 9.50 Å². The molecule has 182 valence electrons. The van der Waals surface area contributed by atoms with E-state index in [4.69, 9.17) is 12.6 Å². The van der Waals surface area contributed by atoms with Gasteiger partial charge in [-0.05, 0) is 45.8 Å². The lowest BCUT2D eigenvalue weighted by atomic mass is 9.79. The van der Waals surface area contributed by atoms with Crippen LogP contribution in [-0.2, 0) is 17.3 Å². The second-order valence-corrected chi connectivity index (χ2v) is 12.1. The Morgan fingerprint density at radius 1 is 1.00 bits per heavy atom. The molecule has 6 heteroatoms. The predicted octanol–water partition coefficient (Wildman–Crippen LogP) is 5.97. The maximum atomic E-state index is 14.8. The Bertz CT molecular complexity index is 1270. The minimum Gasteiger partial charge on any atom is -0.507 e. The number of phenols is 1. The molecule has 0 bridgehead atoms. The predicted molar refractivity (Wildman–Crippen MR) is 155 cm³/mol. The van der Waals surface area contributed by atoms with Crippen molar-refractivity contribution in [2.45, 2.75) is 58.8 Å². The molecule has 2 atom stereocenters. The summed E-state index contributed by atoms with van der Waals surface area (Å²) in [5, 5.41) is 12.1. The van der Waals surface area contributed by atoms with E-state index >= 15 is 0 Å². The molecule has 0 aliphatic carbocycles. The van der Waals surface area contributed by atoms with Gasteiger partial charge in [0, 0.05) is 16.4 Å². The van der Waals surface area contributed by atoms with Crippen LogP contribution < -0.4 is 20.8 Å². The summed E-state index contributed by atoms with van der Waals surface area (Å²) in [6.07, 6.45) is 4.47. The number of hydrogen-bond acceptors (Lipinski definition) is 2. The van der Waals surface area contributed by atoms with E-state index in [1.807, 2.05) is 36.4 Å². The van der Waals surface area contributed by atoms with Crippen LogP contribution in [0.3, 0.4) is 0 Å². The SMILES string of the molecule is [B]c1cc(P)c(P)c(F)c1Oc1ccccc1C/C=C/c1cc(C(C)(C)C)cc(C(C)(C)C)c1O. The smallest absolute Gasteiger partial charge is 0.172 e. The lowest BCUT2D eigenvalue weighted by Crippen LogP contribution is -2.24. The number of para-hydroxylation sites is 1. The van der Waals surface area contributed by atoms with Gasteiger partial charge in [0.05, 0.1) is 0 Å². The zero-order valence-electron chi connectivity index (χ0n) is 21.4. The normalized spacial score (nSPS) is 12.4. The molecule has 0 aliphatic heterocycles. The minimum atomic E-state index is -0.496. The molecule has 1 N–H and O–H groups in total. The Morgan fingerprint density at radius 2 is 1.66 bits per heavy atom. The average Bonchev–Trinajstić information content (AvgIpc) is 2.75. The minimum absolute atomic E-state index is 0.0166.